The van der Waals surface area contributed by atoms with Gasteiger partial charge in [-0.2, -0.15) is 0 Å². The third-order valence-corrected chi connectivity index (χ3v) is 10.8. The van der Waals surface area contributed by atoms with Crippen molar-refractivity contribution in [3.05, 3.63) is 47.5 Å². The van der Waals surface area contributed by atoms with Gasteiger partial charge in [-0.1, -0.05) is 12.0 Å². The van der Waals surface area contributed by atoms with Crippen molar-refractivity contribution in [2.45, 2.75) is 31.1 Å². The zero-order valence-corrected chi connectivity index (χ0v) is 19.3. The Labute approximate surface area is 186 Å². The quantitative estimate of drug-likeness (QED) is 0.575. The van der Waals surface area contributed by atoms with E-state index in [1.54, 1.807) is 18.3 Å². The van der Waals surface area contributed by atoms with E-state index in [9.17, 15) is 8.42 Å². The first-order valence-corrected chi connectivity index (χ1v) is 12.7. The maximum Gasteiger partial charge on any atom is 0.166 e. The summed E-state index contributed by atoms with van der Waals surface area (Å²) in [4.78, 5) is 0. The van der Waals surface area contributed by atoms with Gasteiger partial charge >= 0.3 is 0 Å². The first-order chi connectivity index (χ1) is 14.7. The molecular formula is C24H24N2O3S2. The molecular weight excluding hydrogens is 428 g/mol. The van der Waals surface area contributed by atoms with E-state index < -0.39 is 20.1 Å². The number of amidine groups is 1. The Hall–Kier alpha value is -2.40. The highest BCUT2D eigenvalue weighted by Gasteiger charge is 2.58. The van der Waals surface area contributed by atoms with Crippen LogP contribution in [0, 0.1) is 23.2 Å². The zero-order chi connectivity index (χ0) is 22.0. The SMILES string of the molecule is CC#Cc1ccc2sc3ccc([C@]4(C)CS(=O)(=O)[C@@](C)(C5COC5)C(=N)N4)cc3c2c1. The molecule has 2 atom stereocenters. The molecule has 0 bridgehead atoms. The molecule has 1 aromatic heterocycles. The van der Waals surface area contributed by atoms with Gasteiger partial charge in [0.05, 0.1) is 24.5 Å². The number of thiophene rings is 1. The van der Waals surface area contributed by atoms with Crippen LogP contribution in [0.25, 0.3) is 20.2 Å². The second-order valence-electron chi connectivity index (χ2n) is 8.83. The van der Waals surface area contributed by atoms with Crippen molar-refractivity contribution < 1.29 is 13.2 Å². The minimum absolute atomic E-state index is 0.0600. The van der Waals surface area contributed by atoms with E-state index in [4.69, 9.17) is 10.1 Å². The molecule has 5 rings (SSSR count). The van der Waals surface area contributed by atoms with E-state index in [1.165, 1.54) is 4.70 Å². The summed E-state index contributed by atoms with van der Waals surface area (Å²) in [5, 5.41) is 14.1. The topological polar surface area (TPSA) is 79.2 Å². The van der Waals surface area contributed by atoms with Crippen molar-refractivity contribution in [1.29, 1.82) is 5.41 Å². The second-order valence-corrected chi connectivity index (χ2v) is 12.3. The molecule has 2 fully saturated rings. The van der Waals surface area contributed by atoms with Gasteiger partial charge in [-0.25, -0.2) is 8.42 Å². The summed E-state index contributed by atoms with van der Waals surface area (Å²) in [6, 6.07) is 12.3. The summed E-state index contributed by atoms with van der Waals surface area (Å²) >= 11 is 1.71. The van der Waals surface area contributed by atoms with Crippen LogP contribution in [-0.4, -0.2) is 38.0 Å². The predicted molar refractivity (Wildman–Crippen MR) is 127 cm³/mol. The highest BCUT2D eigenvalue weighted by Crippen LogP contribution is 2.42. The van der Waals surface area contributed by atoms with Crippen LogP contribution < -0.4 is 5.32 Å². The van der Waals surface area contributed by atoms with Gasteiger partial charge < -0.3 is 10.1 Å². The molecule has 2 aliphatic rings. The van der Waals surface area contributed by atoms with Crippen molar-refractivity contribution in [3.63, 3.8) is 0 Å². The van der Waals surface area contributed by atoms with Gasteiger partial charge in [-0.3, -0.25) is 5.41 Å². The van der Waals surface area contributed by atoms with Crippen LogP contribution in [0.1, 0.15) is 31.9 Å². The van der Waals surface area contributed by atoms with E-state index in [0.29, 0.717) is 13.2 Å². The monoisotopic (exact) mass is 452 g/mol. The number of hydrogen-bond donors (Lipinski definition) is 2. The first-order valence-electron chi connectivity index (χ1n) is 10.2. The van der Waals surface area contributed by atoms with Gasteiger partial charge in [0.15, 0.2) is 9.84 Å². The summed E-state index contributed by atoms with van der Waals surface area (Å²) in [5.41, 5.74) is 0.959. The van der Waals surface area contributed by atoms with Crippen LogP contribution in [0.15, 0.2) is 36.4 Å². The van der Waals surface area contributed by atoms with E-state index in [2.05, 4.69) is 41.4 Å². The third kappa shape index (κ3) is 2.93. The highest BCUT2D eigenvalue weighted by atomic mass is 32.2. The summed E-state index contributed by atoms with van der Waals surface area (Å²) in [6.45, 7) is 6.12. The number of fused-ring (bicyclic) bond motifs is 3. The van der Waals surface area contributed by atoms with Gasteiger partial charge in [0.2, 0.25) is 0 Å². The molecule has 0 unspecified atom stereocenters. The number of nitrogens with one attached hydrogen (secondary N) is 2. The first kappa shape index (κ1) is 20.5. The van der Waals surface area contributed by atoms with E-state index in [0.717, 1.165) is 26.6 Å². The molecule has 0 amide bonds. The van der Waals surface area contributed by atoms with Crippen molar-refractivity contribution in [1.82, 2.24) is 5.32 Å². The average Bonchev–Trinajstić information content (AvgIpc) is 3.02. The van der Waals surface area contributed by atoms with Crippen LogP contribution in [-0.2, 0) is 20.1 Å². The summed E-state index contributed by atoms with van der Waals surface area (Å²) < 4.78 is 33.2. The fourth-order valence-corrected chi connectivity index (χ4v) is 8.00. The molecule has 2 saturated heterocycles. The summed E-state index contributed by atoms with van der Waals surface area (Å²) in [7, 11) is -3.57. The van der Waals surface area contributed by atoms with Crippen molar-refractivity contribution in [2.24, 2.45) is 5.92 Å². The maximum absolute atomic E-state index is 13.4. The van der Waals surface area contributed by atoms with Gasteiger partial charge in [0.1, 0.15) is 10.6 Å². The fourth-order valence-electron chi connectivity index (χ4n) is 4.63. The van der Waals surface area contributed by atoms with Crippen LogP contribution in [0.4, 0.5) is 0 Å². The number of hydrogen-bond acceptors (Lipinski definition) is 5. The Morgan fingerprint density at radius 1 is 1.13 bits per heavy atom. The van der Waals surface area contributed by atoms with Crippen LogP contribution >= 0.6 is 11.3 Å². The Kier molecular flexibility index (Phi) is 4.50. The van der Waals surface area contributed by atoms with Gasteiger partial charge in [-0.15, -0.1) is 17.3 Å². The van der Waals surface area contributed by atoms with E-state index in [1.807, 2.05) is 26.0 Å². The molecule has 2 aliphatic heterocycles. The molecule has 5 nitrogen and oxygen atoms in total. The lowest BCUT2D eigenvalue weighted by Crippen LogP contribution is -2.69. The van der Waals surface area contributed by atoms with E-state index in [-0.39, 0.29) is 17.5 Å². The largest absolute Gasteiger partial charge is 0.381 e. The Morgan fingerprint density at radius 2 is 1.81 bits per heavy atom. The van der Waals surface area contributed by atoms with Crippen LogP contribution in [0.3, 0.4) is 0 Å². The molecule has 3 aromatic rings. The second kappa shape index (κ2) is 6.80. The minimum Gasteiger partial charge on any atom is -0.381 e. The van der Waals surface area contributed by atoms with E-state index >= 15 is 0 Å². The fraction of sp³-hybridized carbons (Fsp3) is 0.375. The lowest BCUT2D eigenvalue weighted by Gasteiger charge is -2.49. The average molecular weight is 453 g/mol. The molecule has 3 heterocycles. The standard InChI is InChI=1S/C24H24N2O3S2/c1-4-5-15-6-8-20-18(10-15)19-11-16(7-9-21(19)30-20)23(2)14-31(27,28)24(3,22(25)26-23)17-12-29-13-17/h6-11,17H,12-14H2,1-3H3,(H2,25,26)/t23-,24-/m0/s1. The molecule has 7 heteroatoms. The van der Waals surface area contributed by atoms with Gasteiger partial charge in [0, 0.05) is 31.7 Å². The summed E-state index contributed by atoms with van der Waals surface area (Å²) in [5.74, 6) is 5.88. The normalized spacial score (nSPS) is 28.0. The molecule has 0 spiro atoms. The highest BCUT2D eigenvalue weighted by molar-refractivity contribution is 7.93. The smallest absolute Gasteiger partial charge is 0.166 e. The number of rotatable bonds is 2. The van der Waals surface area contributed by atoms with Crippen LogP contribution in [0.2, 0.25) is 0 Å². The molecule has 0 aliphatic carbocycles. The third-order valence-electron chi connectivity index (χ3n) is 6.81. The van der Waals surface area contributed by atoms with Crippen molar-refractivity contribution in [3.8, 4) is 11.8 Å². The van der Waals surface area contributed by atoms with Crippen molar-refractivity contribution in [2.75, 3.05) is 19.0 Å². The molecule has 31 heavy (non-hydrogen) atoms. The number of ether oxygens (including phenoxy) is 1. The van der Waals surface area contributed by atoms with Gasteiger partial charge in [-0.05, 0) is 56.7 Å². The Balaban J connectivity index is 1.61. The lowest BCUT2D eigenvalue weighted by molar-refractivity contribution is -0.0407. The molecule has 2 aromatic carbocycles. The molecule has 0 saturated carbocycles. The zero-order valence-electron chi connectivity index (χ0n) is 17.7. The van der Waals surface area contributed by atoms with Gasteiger partial charge in [0.25, 0.3) is 0 Å². The Morgan fingerprint density at radius 3 is 2.42 bits per heavy atom. The summed E-state index contributed by atoms with van der Waals surface area (Å²) in [6.07, 6.45) is 0. The molecule has 160 valence electrons. The minimum atomic E-state index is -3.57. The predicted octanol–water partition coefficient (Wildman–Crippen LogP) is 4.04. The number of benzene rings is 2. The maximum atomic E-state index is 13.4. The van der Waals surface area contributed by atoms with Crippen molar-refractivity contribution >= 4 is 47.2 Å². The van der Waals surface area contributed by atoms with Crippen LogP contribution in [0.5, 0.6) is 0 Å². The molecule has 0 radical (unpaired) electrons. The lowest BCUT2D eigenvalue weighted by atomic mass is 9.86. The number of sulfone groups is 1. The Bertz CT molecular complexity index is 1410. The molecule has 2 N–H and O–H groups in total.